The van der Waals surface area contributed by atoms with Gasteiger partial charge in [0.2, 0.25) is 0 Å². The summed E-state index contributed by atoms with van der Waals surface area (Å²) in [5, 5.41) is 0. The van der Waals surface area contributed by atoms with Gasteiger partial charge in [0, 0.05) is 11.6 Å². The largest absolute Gasteiger partial charge is 0.294 e. The number of hydrogen-bond acceptors (Lipinski definition) is 2. The number of nitrogens with zero attached hydrogens (tertiary/aromatic N) is 1. The molecule has 0 spiro atoms. The fourth-order valence-corrected chi connectivity index (χ4v) is 0.915. The number of Topliss-reactive ketones (excluding diaryl/α,β-unsaturated/α-hetero) is 1. The van der Waals surface area contributed by atoms with Crippen molar-refractivity contribution in [3.63, 3.8) is 0 Å². The van der Waals surface area contributed by atoms with Crippen LogP contribution in [0.1, 0.15) is 27.7 Å². The van der Waals surface area contributed by atoms with Gasteiger partial charge in [-0.2, -0.15) is 0 Å². The summed E-state index contributed by atoms with van der Waals surface area (Å²) in [7, 11) is 0. The standard InChI is InChI=1S/C11H17NO/c1-9(7-6-8-12-5)10(13)11(2,3)4/h6-8H,5H2,1-4H3/b8-6-,9-7+. The molecule has 0 saturated carbocycles. The van der Waals surface area contributed by atoms with Crippen LogP contribution in [0.2, 0.25) is 0 Å². The average Bonchev–Trinajstić information content (AvgIpc) is 2.01. The van der Waals surface area contributed by atoms with Crippen LogP contribution >= 0.6 is 0 Å². The Labute approximate surface area is 80.1 Å². The van der Waals surface area contributed by atoms with E-state index in [9.17, 15) is 4.79 Å². The monoisotopic (exact) mass is 179 g/mol. The maximum absolute atomic E-state index is 11.6. The first kappa shape index (κ1) is 11.8. The van der Waals surface area contributed by atoms with E-state index < -0.39 is 0 Å². The van der Waals surface area contributed by atoms with Crippen LogP contribution in [0, 0.1) is 5.41 Å². The molecule has 0 aromatic carbocycles. The van der Waals surface area contributed by atoms with Crippen molar-refractivity contribution in [2.75, 3.05) is 0 Å². The Bertz CT molecular complexity index is 254. The zero-order valence-electron chi connectivity index (χ0n) is 8.79. The molecule has 0 fully saturated rings. The highest BCUT2D eigenvalue weighted by molar-refractivity contribution is 5.98. The lowest BCUT2D eigenvalue weighted by Gasteiger charge is -2.16. The van der Waals surface area contributed by atoms with Crippen LogP contribution in [0.5, 0.6) is 0 Å². The number of aliphatic imine (C=N–C) groups is 1. The third-order valence-electron chi connectivity index (χ3n) is 1.58. The summed E-state index contributed by atoms with van der Waals surface area (Å²) in [5.41, 5.74) is 0.433. The second-order valence-electron chi connectivity index (χ2n) is 3.95. The Morgan fingerprint density at radius 1 is 1.38 bits per heavy atom. The second-order valence-corrected chi connectivity index (χ2v) is 3.95. The Morgan fingerprint density at radius 3 is 2.31 bits per heavy atom. The van der Waals surface area contributed by atoms with Crippen molar-refractivity contribution in [2.24, 2.45) is 10.4 Å². The van der Waals surface area contributed by atoms with Gasteiger partial charge in [0.1, 0.15) is 0 Å². The lowest BCUT2D eigenvalue weighted by Crippen LogP contribution is -2.20. The SMILES string of the molecule is C=N/C=C\C=C(/C)C(=O)C(C)(C)C. The molecule has 0 bridgehead atoms. The average molecular weight is 179 g/mol. The number of carbonyl (C=O) groups is 1. The van der Waals surface area contributed by atoms with Crippen molar-refractivity contribution in [1.29, 1.82) is 0 Å². The zero-order chi connectivity index (χ0) is 10.5. The molecule has 0 heterocycles. The van der Waals surface area contributed by atoms with Gasteiger partial charge >= 0.3 is 0 Å². The highest BCUT2D eigenvalue weighted by Crippen LogP contribution is 2.19. The lowest BCUT2D eigenvalue weighted by molar-refractivity contribution is -0.122. The number of carbonyl (C=O) groups excluding carboxylic acids is 1. The molecule has 0 unspecified atom stereocenters. The van der Waals surface area contributed by atoms with Gasteiger partial charge in [-0.25, -0.2) is 0 Å². The molecule has 0 atom stereocenters. The third kappa shape index (κ3) is 4.41. The van der Waals surface area contributed by atoms with Gasteiger partial charge in [0.05, 0.1) is 0 Å². The van der Waals surface area contributed by atoms with E-state index in [4.69, 9.17) is 0 Å². The molecule has 0 aliphatic heterocycles. The molecule has 2 heteroatoms. The predicted octanol–water partition coefficient (Wildman–Crippen LogP) is 2.76. The van der Waals surface area contributed by atoms with Crippen molar-refractivity contribution in [3.8, 4) is 0 Å². The summed E-state index contributed by atoms with van der Waals surface area (Å²) in [4.78, 5) is 15.2. The van der Waals surface area contributed by atoms with Crippen LogP contribution in [0.25, 0.3) is 0 Å². The predicted molar refractivity (Wildman–Crippen MR) is 56.9 cm³/mol. The topological polar surface area (TPSA) is 29.4 Å². The van der Waals surface area contributed by atoms with Gasteiger partial charge in [0.25, 0.3) is 0 Å². The van der Waals surface area contributed by atoms with Crippen molar-refractivity contribution >= 4 is 12.5 Å². The highest BCUT2D eigenvalue weighted by Gasteiger charge is 2.21. The Kier molecular flexibility index (Phi) is 4.32. The van der Waals surface area contributed by atoms with Gasteiger partial charge in [-0.15, -0.1) is 0 Å². The molecule has 0 rings (SSSR count). The third-order valence-corrected chi connectivity index (χ3v) is 1.58. The van der Waals surface area contributed by atoms with Crippen LogP contribution in [0.15, 0.2) is 28.9 Å². The van der Waals surface area contributed by atoms with E-state index in [0.717, 1.165) is 5.57 Å². The van der Waals surface area contributed by atoms with Crippen LogP contribution in [-0.2, 0) is 4.79 Å². The van der Waals surface area contributed by atoms with E-state index in [1.54, 1.807) is 25.3 Å². The molecule has 0 amide bonds. The minimum Gasteiger partial charge on any atom is -0.294 e. The zero-order valence-corrected chi connectivity index (χ0v) is 8.79. The van der Waals surface area contributed by atoms with E-state index in [2.05, 4.69) is 11.7 Å². The fraction of sp³-hybridized carbons (Fsp3) is 0.455. The molecule has 72 valence electrons. The van der Waals surface area contributed by atoms with E-state index >= 15 is 0 Å². The van der Waals surface area contributed by atoms with E-state index in [0.29, 0.717) is 0 Å². The number of rotatable bonds is 3. The first-order valence-electron chi connectivity index (χ1n) is 4.23. The molecular formula is C11H17NO. The Balaban J connectivity index is 4.52. The number of hydrogen-bond donors (Lipinski definition) is 0. The summed E-state index contributed by atoms with van der Waals surface area (Å²) in [5.74, 6) is 0.154. The number of allylic oxidation sites excluding steroid dienone is 3. The van der Waals surface area contributed by atoms with Gasteiger partial charge in [-0.05, 0) is 25.3 Å². The maximum Gasteiger partial charge on any atom is 0.163 e. The van der Waals surface area contributed by atoms with E-state index in [-0.39, 0.29) is 11.2 Å². The van der Waals surface area contributed by atoms with E-state index in [1.165, 1.54) is 0 Å². The van der Waals surface area contributed by atoms with E-state index in [1.807, 2.05) is 20.8 Å². The minimum atomic E-state index is -0.309. The Morgan fingerprint density at radius 2 is 1.92 bits per heavy atom. The van der Waals surface area contributed by atoms with Crippen LogP contribution < -0.4 is 0 Å². The van der Waals surface area contributed by atoms with Crippen molar-refractivity contribution < 1.29 is 4.79 Å². The molecule has 0 aliphatic carbocycles. The molecule has 0 saturated heterocycles. The fourth-order valence-electron chi connectivity index (χ4n) is 0.915. The first-order chi connectivity index (χ1) is 5.89. The first-order valence-corrected chi connectivity index (χ1v) is 4.23. The van der Waals surface area contributed by atoms with Crippen molar-refractivity contribution in [3.05, 3.63) is 23.9 Å². The summed E-state index contributed by atoms with van der Waals surface area (Å²) in [6.45, 7) is 10.8. The minimum absolute atomic E-state index is 0.154. The van der Waals surface area contributed by atoms with Crippen LogP contribution in [0.4, 0.5) is 0 Å². The molecular weight excluding hydrogens is 162 g/mol. The smallest absolute Gasteiger partial charge is 0.163 e. The Hall–Kier alpha value is -1.18. The quantitative estimate of drug-likeness (QED) is 0.372. The summed E-state index contributed by atoms with van der Waals surface area (Å²) < 4.78 is 0. The second kappa shape index (κ2) is 4.75. The maximum atomic E-state index is 11.6. The summed E-state index contributed by atoms with van der Waals surface area (Å²) in [6.07, 6.45) is 5.02. The molecule has 0 radical (unpaired) electrons. The summed E-state index contributed by atoms with van der Waals surface area (Å²) in [6, 6.07) is 0. The van der Waals surface area contributed by atoms with Gasteiger partial charge in [0.15, 0.2) is 5.78 Å². The molecule has 2 nitrogen and oxygen atoms in total. The normalized spacial score (nSPS) is 13.4. The lowest BCUT2D eigenvalue weighted by atomic mass is 9.87. The number of ketones is 1. The molecule has 0 aromatic rings. The molecule has 0 N–H and O–H groups in total. The summed E-state index contributed by atoms with van der Waals surface area (Å²) >= 11 is 0. The van der Waals surface area contributed by atoms with Crippen LogP contribution in [-0.4, -0.2) is 12.5 Å². The molecule has 13 heavy (non-hydrogen) atoms. The van der Waals surface area contributed by atoms with Crippen molar-refractivity contribution in [2.45, 2.75) is 27.7 Å². The highest BCUT2D eigenvalue weighted by atomic mass is 16.1. The van der Waals surface area contributed by atoms with Gasteiger partial charge in [-0.3, -0.25) is 9.79 Å². The molecule has 0 aromatic heterocycles. The van der Waals surface area contributed by atoms with Gasteiger partial charge in [-0.1, -0.05) is 26.8 Å². The van der Waals surface area contributed by atoms with Gasteiger partial charge < -0.3 is 0 Å². The van der Waals surface area contributed by atoms with Crippen molar-refractivity contribution in [1.82, 2.24) is 0 Å². The molecule has 0 aliphatic rings. The van der Waals surface area contributed by atoms with Crippen LogP contribution in [0.3, 0.4) is 0 Å².